The van der Waals surface area contributed by atoms with Crippen LogP contribution < -0.4 is 4.72 Å². The average Bonchev–Trinajstić information content (AvgIpc) is 2.34. The first kappa shape index (κ1) is 16.9. The maximum atomic E-state index is 12.7. The average molecular weight is 313 g/mol. The quantitative estimate of drug-likeness (QED) is 0.821. The molecule has 1 aromatic rings. The van der Waals surface area contributed by atoms with Crippen molar-refractivity contribution in [2.75, 3.05) is 12.3 Å². The van der Waals surface area contributed by atoms with Gasteiger partial charge in [-0.2, -0.15) is 13.2 Å². The van der Waals surface area contributed by atoms with Gasteiger partial charge in [-0.25, -0.2) is 17.5 Å². The number of nitrogens with one attached hydrogen (secondary N) is 1. The zero-order valence-corrected chi connectivity index (χ0v) is 11.6. The van der Waals surface area contributed by atoms with E-state index in [1.807, 2.05) is 0 Å². The van der Waals surface area contributed by atoms with Crippen molar-refractivity contribution in [2.24, 2.45) is 0 Å². The van der Waals surface area contributed by atoms with E-state index >= 15 is 0 Å². The molecule has 8 heteroatoms. The van der Waals surface area contributed by atoms with Crippen molar-refractivity contribution in [3.05, 3.63) is 35.6 Å². The summed E-state index contributed by atoms with van der Waals surface area (Å²) in [6.07, 6.45) is -5.88. The highest BCUT2D eigenvalue weighted by molar-refractivity contribution is 7.89. The lowest BCUT2D eigenvalue weighted by Gasteiger charge is -2.14. The van der Waals surface area contributed by atoms with E-state index in [2.05, 4.69) is 4.72 Å². The van der Waals surface area contributed by atoms with E-state index in [1.165, 1.54) is 24.3 Å². The van der Waals surface area contributed by atoms with Crippen LogP contribution in [0.4, 0.5) is 17.6 Å². The Bertz CT molecular complexity index is 525. The van der Waals surface area contributed by atoms with E-state index in [-0.39, 0.29) is 12.5 Å². The molecule has 0 aliphatic carbocycles. The fourth-order valence-electron chi connectivity index (χ4n) is 1.48. The molecule has 0 saturated heterocycles. The number of hydrogen-bond donors (Lipinski definition) is 1. The molecule has 1 N–H and O–H groups in total. The maximum absolute atomic E-state index is 12.7. The normalized spacial score (nSPS) is 14.2. The standard InChI is InChI=1S/C12H15F4NO2S/c1-9(10-2-4-11(13)5-3-10)8-17-20(18,19)7-6-12(14,15)16/h2-5,9,17H,6-8H2,1H3/t9-/m0/s1. The molecule has 0 aliphatic rings. The van der Waals surface area contributed by atoms with Crippen LogP contribution in [0.3, 0.4) is 0 Å². The van der Waals surface area contributed by atoms with Gasteiger partial charge in [-0.3, -0.25) is 0 Å². The van der Waals surface area contributed by atoms with Crippen molar-refractivity contribution in [2.45, 2.75) is 25.4 Å². The minimum atomic E-state index is -4.50. The van der Waals surface area contributed by atoms with E-state index in [4.69, 9.17) is 0 Å². The Labute approximate surface area is 115 Å². The molecular weight excluding hydrogens is 298 g/mol. The third-order valence-corrected chi connectivity index (χ3v) is 4.05. The number of hydrogen-bond acceptors (Lipinski definition) is 2. The van der Waals surface area contributed by atoms with Crippen molar-refractivity contribution >= 4 is 10.0 Å². The van der Waals surface area contributed by atoms with Crippen LogP contribution in [0.2, 0.25) is 0 Å². The molecule has 0 heterocycles. The summed E-state index contributed by atoms with van der Waals surface area (Å²) in [6, 6.07) is 5.49. The minimum absolute atomic E-state index is 0.0359. The van der Waals surface area contributed by atoms with Crippen molar-refractivity contribution in [3.8, 4) is 0 Å². The first-order chi connectivity index (χ1) is 9.09. The van der Waals surface area contributed by atoms with E-state index in [0.29, 0.717) is 5.56 Å². The molecule has 0 bridgehead atoms. The highest BCUT2D eigenvalue weighted by atomic mass is 32.2. The molecule has 1 aromatic carbocycles. The zero-order valence-electron chi connectivity index (χ0n) is 10.7. The van der Waals surface area contributed by atoms with Gasteiger partial charge in [0.25, 0.3) is 0 Å². The van der Waals surface area contributed by atoms with Crippen molar-refractivity contribution in [1.82, 2.24) is 4.72 Å². The topological polar surface area (TPSA) is 46.2 Å². The molecular formula is C12H15F4NO2S. The Morgan fingerprint density at radius 2 is 1.75 bits per heavy atom. The first-order valence-corrected chi connectivity index (χ1v) is 7.54. The van der Waals surface area contributed by atoms with Gasteiger partial charge in [-0.15, -0.1) is 0 Å². The van der Waals surface area contributed by atoms with Crippen molar-refractivity contribution in [1.29, 1.82) is 0 Å². The second-order valence-corrected chi connectivity index (χ2v) is 6.41. The van der Waals surface area contributed by atoms with Gasteiger partial charge in [0.05, 0.1) is 12.2 Å². The first-order valence-electron chi connectivity index (χ1n) is 5.88. The van der Waals surface area contributed by atoms with Gasteiger partial charge < -0.3 is 0 Å². The molecule has 1 rings (SSSR count). The maximum Gasteiger partial charge on any atom is 0.390 e. The second-order valence-electron chi connectivity index (χ2n) is 4.49. The zero-order chi connectivity index (χ0) is 15.4. The molecule has 0 fully saturated rings. The van der Waals surface area contributed by atoms with Crippen molar-refractivity contribution < 1.29 is 26.0 Å². The number of sulfonamides is 1. The summed E-state index contributed by atoms with van der Waals surface area (Å²) >= 11 is 0. The Kier molecular flexibility index (Phi) is 5.52. The van der Waals surface area contributed by atoms with Gasteiger partial charge in [0.1, 0.15) is 5.82 Å². The van der Waals surface area contributed by atoms with Crippen LogP contribution in [0.25, 0.3) is 0 Å². The third-order valence-electron chi connectivity index (χ3n) is 2.70. The van der Waals surface area contributed by atoms with Crippen LogP contribution in [0.5, 0.6) is 0 Å². The van der Waals surface area contributed by atoms with Crippen LogP contribution in [0.15, 0.2) is 24.3 Å². The van der Waals surface area contributed by atoms with Crippen LogP contribution in [0.1, 0.15) is 24.8 Å². The van der Waals surface area contributed by atoms with E-state index in [1.54, 1.807) is 6.92 Å². The van der Waals surface area contributed by atoms with Gasteiger partial charge in [-0.05, 0) is 23.6 Å². The molecule has 20 heavy (non-hydrogen) atoms. The Morgan fingerprint density at radius 3 is 2.25 bits per heavy atom. The summed E-state index contributed by atoms with van der Waals surface area (Å²) < 4.78 is 73.5. The summed E-state index contributed by atoms with van der Waals surface area (Å²) in [6.45, 7) is 1.66. The summed E-state index contributed by atoms with van der Waals surface area (Å²) in [7, 11) is -3.97. The minimum Gasteiger partial charge on any atom is -0.215 e. The molecule has 3 nitrogen and oxygen atoms in total. The molecule has 1 atom stereocenters. The Hall–Kier alpha value is -1.15. The van der Waals surface area contributed by atoms with Crippen LogP contribution in [-0.2, 0) is 10.0 Å². The van der Waals surface area contributed by atoms with Gasteiger partial charge in [0.15, 0.2) is 0 Å². The van der Waals surface area contributed by atoms with E-state index in [0.717, 1.165) is 0 Å². The highest BCUT2D eigenvalue weighted by Crippen LogP contribution is 2.20. The van der Waals surface area contributed by atoms with Crippen LogP contribution >= 0.6 is 0 Å². The van der Waals surface area contributed by atoms with Gasteiger partial charge in [0.2, 0.25) is 10.0 Å². The van der Waals surface area contributed by atoms with E-state index in [9.17, 15) is 26.0 Å². The lowest BCUT2D eigenvalue weighted by atomic mass is 10.0. The SMILES string of the molecule is C[C@@H](CNS(=O)(=O)CCC(F)(F)F)c1ccc(F)cc1. The second kappa shape index (κ2) is 6.53. The molecule has 0 spiro atoms. The Balaban J connectivity index is 2.51. The third kappa shape index (κ3) is 6.33. The molecule has 0 radical (unpaired) electrons. The molecule has 0 aromatic heterocycles. The predicted octanol–water partition coefficient (Wildman–Crippen LogP) is 2.80. The monoisotopic (exact) mass is 313 g/mol. The molecule has 0 unspecified atom stereocenters. The number of benzene rings is 1. The van der Waals surface area contributed by atoms with Crippen molar-refractivity contribution in [3.63, 3.8) is 0 Å². The summed E-state index contributed by atoms with van der Waals surface area (Å²) in [5.41, 5.74) is 0.699. The molecule has 0 saturated carbocycles. The van der Waals surface area contributed by atoms with E-state index < -0.39 is 34.2 Å². The summed E-state index contributed by atoms with van der Waals surface area (Å²) in [5.74, 6) is -1.67. The molecule has 0 aliphatic heterocycles. The lowest BCUT2D eigenvalue weighted by Crippen LogP contribution is -2.31. The van der Waals surface area contributed by atoms with Gasteiger partial charge in [-0.1, -0.05) is 19.1 Å². The smallest absolute Gasteiger partial charge is 0.215 e. The number of halogens is 4. The van der Waals surface area contributed by atoms with Gasteiger partial charge >= 0.3 is 6.18 Å². The number of alkyl halides is 3. The van der Waals surface area contributed by atoms with Crippen LogP contribution in [0, 0.1) is 5.82 Å². The molecule has 0 amide bonds. The highest BCUT2D eigenvalue weighted by Gasteiger charge is 2.29. The fraction of sp³-hybridized carbons (Fsp3) is 0.500. The predicted molar refractivity (Wildman–Crippen MR) is 67.3 cm³/mol. The van der Waals surface area contributed by atoms with Gasteiger partial charge in [0, 0.05) is 6.54 Å². The summed E-state index contributed by atoms with van der Waals surface area (Å²) in [4.78, 5) is 0. The lowest BCUT2D eigenvalue weighted by molar-refractivity contribution is -0.129. The number of rotatable bonds is 6. The fourth-order valence-corrected chi connectivity index (χ4v) is 2.63. The largest absolute Gasteiger partial charge is 0.390 e. The van der Waals surface area contributed by atoms with Crippen LogP contribution in [-0.4, -0.2) is 26.9 Å². The Morgan fingerprint density at radius 1 is 1.20 bits per heavy atom. The summed E-state index contributed by atoms with van der Waals surface area (Å²) in [5, 5.41) is 0. The molecule has 114 valence electrons.